The molecule has 0 aromatic heterocycles. The maximum absolute atomic E-state index is 12.7. The van der Waals surface area contributed by atoms with Gasteiger partial charge in [-0.1, -0.05) is 0 Å². The number of amides is 2. The van der Waals surface area contributed by atoms with Crippen LogP contribution in [0.15, 0.2) is 109 Å². The zero-order chi connectivity index (χ0) is 37.4. The quantitative estimate of drug-likeness (QED) is 0.0856. The lowest BCUT2D eigenvalue weighted by Gasteiger charge is -2.10. The van der Waals surface area contributed by atoms with Crippen molar-refractivity contribution >= 4 is 45.9 Å². The lowest BCUT2D eigenvalue weighted by atomic mass is 10.2. The van der Waals surface area contributed by atoms with Gasteiger partial charge in [0.1, 0.15) is 17.2 Å². The molecule has 0 saturated carbocycles. The van der Waals surface area contributed by atoms with Crippen molar-refractivity contribution in [3.05, 3.63) is 155 Å². The molecule has 0 aliphatic rings. The smallest absolute Gasteiger partial charge is 0.318 e. The first-order valence-electron chi connectivity index (χ1n) is 14.6. The molecule has 5 aromatic rings. The Kier molecular flexibility index (Phi) is 10.5. The largest absolute Gasteiger partial charge is 0.484 e. The first-order valence-corrected chi connectivity index (χ1v) is 14.6. The van der Waals surface area contributed by atoms with Crippen LogP contribution in [0, 0.1) is 40.5 Å². The van der Waals surface area contributed by atoms with Gasteiger partial charge in [-0.05, 0) is 84.9 Å². The van der Waals surface area contributed by atoms with Crippen molar-refractivity contribution in [1.82, 2.24) is 0 Å². The topological polar surface area (TPSA) is 258 Å². The third-order valence-corrected chi connectivity index (χ3v) is 6.89. The van der Waals surface area contributed by atoms with Crippen LogP contribution in [0.5, 0.6) is 28.7 Å². The van der Waals surface area contributed by atoms with Crippen molar-refractivity contribution in [2.24, 2.45) is 0 Å². The highest BCUT2D eigenvalue weighted by Gasteiger charge is 2.22. The molecule has 0 atom stereocenters. The molecular formula is C33H22N6O13. The Labute approximate surface area is 290 Å². The van der Waals surface area contributed by atoms with Gasteiger partial charge in [0.2, 0.25) is 11.5 Å². The molecule has 5 aromatic carbocycles. The Bertz CT molecular complexity index is 2190. The van der Waals surface area contributed by atoms with Gasteiger partial charge in [0.25, 0.3) is 23.2 Å². The van der Waals surface area contributed by atoms with Gasteiger partial charge >= 0.3 is 11.4 Å². The van der Waals surface area contributed by atoms with Crippen LogP contribution in [0.3, 0.4) is 0 Å². The van der Waals surface area contributed by atoms with E-state index in [0.29, 0.717) is 17.1 Å². The summed E-state index contributed by atoms with van der Waals surface area (Å²) in [5.74, 6) is -0.748. The average molecular weight is 711 g/mol. The minimum atomic E-state index is -0.800. The van der Waals surface area contributed by atoms with Gasteiger partial charge in [0, 0.05) is 29.1 Å². The lowest BCUT2D eigenvalue weighted by Crippen LogP contribution is -2.20. The fraction of sp³-hybridized carbons (Fsp3) is 0.0303. The maximum Gasteiger partial charge on any atom is 0.318 e. The van der Waals surface area contributed by atoms with Crippen LogP contribution in [-0.2, 0) is 4.79 Å². The van der Waals surface area contributed by atoms with Crippen LogP contribution < -0.4 is 24.8 Å². The molecule has 0 heterocycles. The molecule has 0 saturated heterocycles. The Morgan fingerprint density at radius 1 is 0.519 bits per heavy atom. The van der Waals surface area contributed by atoms with Gasteiger partial charge in [-0.3, -0.25) is 50.0 Å². The normalized spacial score (nSPS) is 10.4. The van der Waals surface area contributed by atoms with Crippen LogP contribution in [0.2, 0.25) is 0 Å². The monoisotopic (exact) mass is 710 g/mol. The zero-order valence-corrected chi connectivity index (χ0v) is 26.2. The molecule has 0 unspecified atom stereocenters. The number of nitro benzene ring substituents is 4. The number of nitro groups is 4. The molecule has 2 amide bonds. The Morgan fingerprint density at radius 3 is 1.37 bits per heavy atom. The summed E-state index contributed by atoms with van der Waals surface area (Å²) in [7, 11) is 0. The molecular weight excluding hydrogens is 688 g/mol. The first kappa shape index (κ1) is 35.3. The standard InChI is InChI=1S/C33H22N6O13/c40-32(34-21-3-11-26(12-4-21)51-30-15-7-23(36(42)43)17-28(30)38(46)47)19-50-25-9-1-20(2-10-25)33(41)35-22-5-13-27(14-6-22)52-31-16-8-24(37(44)45)18-29(31)39(48)49/h1-18H,19H2,(H,34,40)(H,35,41). The molecule has 19 heteroatoms. The Hall–Kier alpha value is -7.96. The molecule has 19 nitrogen and oxygen atoms in total. The van der Waals surface area contributed by atoms with E-state index in [9.17, 15) is 50.0 Å². The summed E-state index contributed by atoms with van der Waals surface area (Å²) >= 11 is 0. The number of carbonyl (C=O) groups excluding carboxylic acids is 2. The lowest BCUT2D eigenvalue weighted by molar-refractivity contribution is -0.394. The first-order chi connectivity index (χ1) is 24.9. The van der Waals surface area contributed by atoms with Crippen LogP contribution >= 0.6 is 0 Å². The molecule has 5 rings (SSSR count). The fourth-order valence-corrected chi connectivity index (χ4v) is 4.41. The Morgan fingerprint density at radius 2 is 0.942 bits per heavy atom. The number of nitrogens with zero attached hydrogens (tertiary/aromatic N) is 4. The number of ether oxygens (including phenoxy) is 3. The van der Waals surface area contributed by atoms with E-state index >= 15 is 0 Å². The molecule has 52 heavy (non-hydrogen) atoms. The van der Waals surface area contributed by atoms with Crippen LogP contribution in [0.1, 0.15) is 10.4 Å². The predicted molar refractivity (Wildman–Crippen MR) is 181 cm³/mol. The van der Waals surface area contributed by atoms with Crippen molar-refractivity contribution in [3.63, 3.8) is 0 Å². The SMILES string of the molecule is O=C(COc1ccc(C(=O)Nc2ccc(Oc3ccc([N+](=O)[O-])cc3[N+](=O)[O-])cc2)cc1)Nc1ccc(Oc2ccc([N+](=O)[O-])cc2[N+](=O)[O-])cc1. The highest BCUT2D eigenvalue weighted by atomic mass is 16.6. The van der Waals surface area contributed by atoms with Gasteiger partial charge in [-0.25, -0.2) is 0 Å². The van der Waals surface area contributed by atoms with Gasteiger partial charge in [-0.2, -0.15) is 0 Å². The van der Waals surface area contributed by atoms with Gasteiger partial charge in [-0.15, -0.1) is 0 Å². The van der Waals surface area contributed by atoms with Gasteiger partial charge in [0.15, 0.2) is 6.61 Å². The molecule has 0 aliphatic heterocycles. The number of hydrogen-bond donors (Lipinski definition) is 2. The second kappa shape index (κ2) is 15.5. The second-order valence-corrected chi connectivity index (χ2v) is 10.4. The van der Waals surface area contributed by atoms with Crippen LogP contribution in [0.25, 0.3) is 0 Å². The highest BCUT2D eigenvalue weighted by Crippen LogP contribution is 2.36. The summed E-state index contributed by atoms with van der Waals surface area (Å²) in [5, 5.41) is 49.8. The third-order valence-electron chi connectivity index (χ3n) is 6.89. The van der Waals surface area contributed by atoms with Gasteiger partial charge < -0.3 is 24.8 Å². The van der Waals surface area contributed by atoms with E-state index in [1.807, 2.05) is 0 Å². The van der Waals surface area contributed by atoms with Crippen molar-refractivity contribution in [2.75, 3.05) is 17.2 Å². The number of non-ortho nitro benzene ring substituents is 2. The molecule has 2 N–H and O–H groups in total. The van der Waals surface area contributed by atoms with Crippen LogP contribution in [-0.4, -0.2) is 38.1 Å². The van der Waals surface area contributed by atoms with E-state index in [-0.39, 0.29) is 35.2 Å². The van der Waals surface area contributed by atoms with E-state index in [4.69, 9.17) is 14.2 Å². The number of nitrogens with one attached hydrogen (secondary N) is 2. The summed E-state index contributed by atoms with van der Waals surface area (Å²) in [4.78, 5) is 66.6. The van der Waals surface area contributed by atoms with Crippen molar-refractivity contribution in [2.45, 2.75) is 0 Å². The maximum atomic E-state index is 12.7. The summed E-state index contributed by atoms with van der Waals surface area (Å²) in [5.41, 5.74) is -1.10. The van der Waals surface area contributed by atoms with Gasteiger partial charge in [0.05, 0.1) is 31.8 Å². The van der Waals surface area contributed by atoms with E-state index in [0.717, 1.165) is 36.4 Å². The summed E-state index contributed by atoms with van der Waals surface area (Å²) in [6.07, 6.45) is 0. The average Bonchev–Trinajstić information content (AvgIpc) is 3.12. The number of anilines is 2. The zero-order valence-electron chi connectivity index (χ0n) is 26.2. The van der Waals surface area contributed by atoms with Crippen molar-refractivity contribution < 1.29 is 43.5 Å². The van der Waals surface area contributed by atoms with E-state index in [2.05, 4.69) is 10.6 Å². The molecule has 0 radical (unpaired) electrons. The minimum Gasteiger partial charge on any atom is -0.484 e. The van der Waals surface area contributed by atoms with Crippen molar-refractivity contribution in [3.8, 4) is 28.7 Å². The molecule has 262 valence electrons. The summed E-state index contributed by atoms with van der Waals surface area (Å²) < 4.78 is 16.5. The number of rotatable bonds is 14. The van der Waals surface area contributed by atoms with E-state index in [1.165, 1.54) is 72.8 Å². The number of carbonyl (C=O) groups is 2. The predicted octanol–water partition coefficient (Wildman–Crippen LogP) is 7.17. The Balaban J connectivity index is 1.10. The molecule has 0 bridgehead atoms. The molecule has 0 fully saturated rings. The summed E-state index contributed by atoms with van der Waals surface area (Å²) in [6, 6.07) is 23.6. The molecule has 0 spiro atoms. The fourth-order valence-electron chi connectivity index (χ4n) is 4.41. The number of hydrogen-bond acceptors (Lipinski definition) is 13. The second-order valence-electron chi connectivity index (χ2n) is 10.4. The summed E-state index contributed by atoms with van der Waals surface area (Å²) in [6.45, 7) is -0.379. The minimum absolute atomic E-state index is 0.175. The van der Waals surface area contributed by atoms with Crippen LogP contribution in [0.4, 0.5) is 34.1 Å². The van der Waals surface area contributed by atoms with Crippen molar-refractivity contribution in [1.29, 1.82) is 0 Å². The highest BCUT2D eigenvalue weighted by molar-refractivity contribution is 6.04. The third kappa shape index (κ3) is 8.93. The van der Waals surface area contributed by atoms with E-state index < -0.39 is 54.3 Å². The molecule has 0 aliphatic carbocycles. The van der Waals surface area contributed by atoms with E-state index in [1.54, 1.807) is 0 Å². The number of benzene rings is 5.